The highest BCUT2D eigenvalue weighted by Gasteiger charge is 2.17. The van der Waals surface area contributed by atoms with Crippen LogP contribution in [0.1, 0.15) is 26.3 Å². The molecule has 2 aromatic heterocycles. The molecule has 1 atom stereocenters. The number of methoxy groups -OCH3 is 1. The number of nitrogens with one attached hydrogen (secondary N) is 1. The van der Waals surface area contributed by atoms with E-state index in [9.17, 15) is 9.59 Å². The first-order chi connectivity index (χ1) is 13.0. The van der Waals surface area contributed by atoms with Gasteiger partial charge in [-0.3, -0.25) is 14.2 Å². The lowest BCUT2D eigenvalue weighted by molar-refractivity contribution is -0.113. The van der Waals surface area contributed by atoms with Gasteiger partial charge < -0.3 is 10.1 Å². The van der Waals surface area contributed by atoms with Gasteiger partial charge in [-0.2, -0.15) is 0 Å². The van der Waals surface area contributed by atoms with Gasteiger partial charge in [-0.1, -0.05) is 30.8 Å². The molecule has 3 aromatic rings. The number of nitrogens with zero attached hydrogens (tertiary/aromatic N) is 2. The summed E-state index contributed by atoms with van der Waals surface area (Å²) in [5.74, 6) is 0.571. The zero-order valence-corrected chi connectivity index (χ0v) is 17.0. The molecule has 6 nitrogen and oxygen atoms in total. The number of thioether (sulfide) groups is 1. The molecule has 0 radical (unpaired) electrons. The lowest BCUT2D eigenvalue weighted by Gasteiger charge is -2.17. The van der Waals surface area contributed by atoms with E-state index < -0.39 is 0 Å². The predicted molar refractivity (Wildman–Crippen MR) is 111 cm³/mol. The predicted octanol–water partition coefficient (Wildman–Crippen LogP) is 4.17. The van der Waals surface area contributed by atoms with Crippen molar-refractivity contribution >= 4 is 44.9 Å². The van der Waals surface area contributed by atoms with Crippen LogP contribution in [0, 0.1) is 0 Å². The van der Waals surface area contributed by atoms with Crippen LogP contribution in [0.5, 0.6) is 5.75 Å². The van der Waals surface area contributed by atoms with Crippen molar-refractivity contribution in [3.8, 4) is 5.75 Å². The molecule has 1 amide bonds. The van der Waals surface area contributed by atoms with Gasteiger partial charge in [-0.05, 0) is 36.9 Å². The Morgan fingerprint density at radius 1 is 1.37 bits per heavy atom. The maximum Gasteiger partial charge on any atom is 0.272 e. The molecule has 0 bridgehead atoms. The first-order valence-corrected chi connectivity index (χ1v) is 10.5. The standard InChI is InChI=1S/C19H21N3O3S2/c1-4-12(2)22-18(24)17-14(9-10-26-17)21-19(22)27-11-16(23)20-13-7-5-6-8-15(13)25-3/h5-10,12H,4,11H2,1-3H3,(H,20,23)/t12-/m0/s1. The van der Waals surface area contributed by atoms with Crippen LogP contribution >= 0.6 is 23.1 Å². The number of para-hydroxylation sites is 2. The number of fused-ring (bicyclic) bond motifs is 1. The van der Waals surface area contributed by atoms with E-state index in [0.29, 0.717) is 26.8 Å². The first-order valence-electron chi connectivity index (χ1n) is 8.60. The minimum Gasteiger partial charge on any atom is -0.495 e. The monoisotopic (exact) mass is 403 g/mol. The third kappa shape index (κ3) is 4.17. The fraction of sp³-hybridized carbons (Fsp3) is 0.316. The SMILES string of the molecule is CC[C@H](C)n1c(SCC(=O)Nc2ccccc2OC)nc2ccsc2c1=O. The van der Waals surface area contributed by atoms with Crippen LogP contribution in [0.2, 0.25) is 0 Å². The molecule has 0 aliphatic carbocycles. The summed E-state index contributed by atoms with van der Waals surface area (Å²) >= 11 is 2.66. The Morgan fingerprint density at radius 2 is 2.15 bits per heavy atom. The average molecular weight is 404 g/mol. The van der Waals surface area contributed by atoms with Crippen molar-refractivity contribution in [1.82, 2.24) is 9.55 Å². The van der Waals surface area contributed by atoms with E-state index in [4.69, 9.17) is 4.74 Å². The number of thiophene rings is 1. The van der Waals surface area contributed by atoms with Crippen LogP contribution in [0.4, 0.5) is 5.69 Å². The largest absolute Gasteiger partial charge is 0.495 e. The minimum absolute atomic E-state index is 0.0104. The van der Waals surface area contributed by atoms with Gasteiger partial charge in [0.05, 0.1) is 24.1 Å². The molecular weight excluding hydrogens is 382 g/mol. The van der Waals surface area contributed by atoms with E-state index in [1.54, 1.807) is 23.8 Å². The van der Waals surface area contributed by atoms with Gasteiger partial charge in [0, 0.05) is 6.04 Å². The summed E-state index contributed by atoms with van der Waals surface area (Å²) < 4.78 is 7.60. The van der Waals surface area contributed by atoms with Gasteiger partial charge in [-0.25, -0.2) is 4.98 Å². The van der Waals surface area contributed by atoms with Gasteiger partial charge in [0.25, 0.3) is 5.56 Å². The third-order valence-corrected chi connectivity index (χ3v) is 6.07. The molecule has 3 rings (SSSR count). The molecule has 0 aliphatic heterocycles. The van der Waals surface area contributed by atoms with E-state index in [0.717, 1.165) is 6.42 Å². The van der Waals surface area contributed by atoms with Gasteiger partial charge in [0.1, 0.15) is 10.4 Å². The number of hydrogen-bond donors (Lipinski definition) is 1. The molecule has 0 aliphatic rings. The van der Waals surface area contributed by atoms with E-state index in [1.165, 1.54) is 23.1 Å². The molecule has 2 heterocycles. The number of benzene rings is 1. The highest BCUT2D eigenvalue weighted by Crippen LogP contribution is 2.26. The number of rotatable bonds is 7. The fourth-order valence-electron chi connectivity index (χ4n) is 2.64. The Bertz CT molecular complexity index is 1010. The Kier molecular flexibility index (Phi) is 6.18. The number of carbonyl (C=O) groups excluding carboxylic acids is 1. The fourth-order valence-corrected chi connectivity index (χ4v) is 4.30. The van der Waals surface area contributed by atoms with Crippen molar-refractivity contribution in [1.29, 1.82) is 0 Å². The number of ether oxygens (including phenoxy) is 1. The number of hydrogen-bond acceptors (Lipinski definition) is 6. The van der Waals surface area contributed by atoms with Gasteiger partial charge >= 0.3 is 0 Å². The maximum atomic E-state index is 12.8. The molecule has 0 saturated carbocycles. The van der Waals surface area contributed by atoms with Crippen molar-refractivity contribution < 1.29 is 9.53 Å². The van der Waals surface area contributed by atoms with Crippen molar-refractivity contribution in [3.05, 3.63) is 46.1 Å². The minimum atomic E-state index is -0.181. The van der Waals surface area contributed by atoms with Crippen LogP contribution in [0.3, 0.4) is 0 Å². The molecule has 1 aromatic carbocycles. The summed E-state index contributed by atoms with van der Waals surface area (Å²) in [4.78, 5) is 29.8. The number of carbonyl (C=O) groups is 1. The number of amides is 1. The van der Waals surface area contributed by atoms with Gasteiger partial charge in [-0.15, -0.1) is 11.3 Å². The van der Waals surface area contributed by atoms with Crippen LogP contribution < -0.4 is 15.6 Å². The number of anilines is 1. The van der Waals surface area contributed by atoms with Crippen LogP contribution in [-0.2, 0) is 4.79 Å². The van der Waals surface area contributed by atoms with Crippen molar-refractivity contribution in [2.24, 2.45) is 0 Å². The molecule has 1 N–H and O–H groups in total. The summed E-state index contributed by atoms with van der Waals surface area (Å²) in [5, 5.41) is 5.27. The molecule has 8 heteroatoms. The molecular formula is C19H21N3O3S2. The van der Waals surface area contributed by atoms with Crippen LogP contribution in [0.15, 0.2) is 45.7 Å². The highest BCUT2D eigenvalue weighted by molar-refractivity contribution is 7.99. The van der Waals surface area contributed by atoms with Gasteiger partial charge in [0.2, 0.25) is 5.91 Å². The Morgan fingerprint density at radius 3 is 2.89 bits per heavy atom. The molecule has 0 spiro atoms. The van der Waals surface area contributed by atoms with Crippen LogP contribution in [0.25, 0.3) is 10.2 Å². The quantitative estimate of drug-likeness (QED) is 0.473. The molecule has 27 heavy (non-hydrogen) atoms. The first kappa shape index (κ1) is 19.4. The van der Waals surface area contributed by atoms with Gasteiger partial charge in [0.15, 0.2) is 5.16 Å². The second-order valence-electron chi connectivity index (χ2n) is 6.00. The number of aromatic nitrogens is 2. The Balaban J connectivity index is 1.82. The lowest BCUT2D eigenvalue weighted by atomic mass is 10.2. The van der Waals surface area contributed by atoms with Crippen molar-refractivity contribution in [2.75, 3.05) is 18.2 Å². The normalized spacial score (nSPS) is 12.1. The smallest absolute Gasteiger partial charge is 0.272 e. The third-order valence-electron chi connectivity index (χ3n) is 4.22. The second kappa shape index (κ2) is 8.58. The zero-order valence-electron chi connectivity index (χ0n) is 15.4. The van der Waals surface area contributed by atoms with Crippen molar-refractivity contribution in [3.63, 3.8) is 0 Å². The van der Waals surface area contributed by atoms with E-state index in [-0.39, 0.29) is 23.3 Å². The summed E-state index contributed by atoms with van der Waals surface area (Å²) in [6.07, 6.45) is 0.805. The molecule has 142 valence electrons. The van der Waals surface area contributed by atoms with Crippen LogP contribution in [-0.4, -0.2) is 28.3 Å². The summed E-state index contributed by atoms with van der Waals surface area (Å²) in [5.41, 5.74) is 1.25. The van der Waals surface area contributed by atoms with E-state index >= 15 is 0 Å². The highest BCUT2D eigenvalue weighted by atomic mass is 32.2. The molecule has 0 unspecified atom stereocenters. The summed E-state index contributed by atoms with van der Waals surface area (Å²) in [7, 11) is 1.56. The average Bonchev–Trinajstić information content (AvgIpc) is 3.15. The molecule has 0 fully saturated rings. The second-order valence-corrected chi connectivity index (χ2v) is 7.86. The Labute approximate surface area is 165 Å². The topological polar surface area (TPSA) is 73.2 Å². The lowest BCUT2D eigenvalue weighted by Crippen LogP contribution is -2.26. The van der Waals surface area contributed by atoms with E-state index in [2.05, 4.69) is 10.3 Å². The Hall–Kier alpha value is -2.32. The zero-order chi connectivity index (χ0) is 19.4. The molecule has 0 saturated heterocycles. The summed E-state index contributed by atoms with van der Waals surface area (Å²) in [6, 6.07) is 9.09. The summed E-state index contributed by atoms with van der Waals surface area (Å²) in [6.45, 7) is 4.01. The maximum absolute atomic E-state index is 12.8. The van der Waals surface area contributed by atoms with E-state index in [1.807, 2.05) is 37.4 Å². The van der Waals surface area contributed by atoms with Crippen molar-refractivity contribution in [2.45, 2.75) is 31.5 Å².